The predicted molar refractivity (Wildman–Crippen MR) is 75.1 cm³/mol. The molecule has 110 valence electrons. The molecule has 2 rings (SSSR count). The van der Waals surface area contributed by atoms with E-state index in [4.69, 9.17) is 5.11 Å². The zero-order chi connectivity index (χ0) is 14.8. The molecular formula is C13H18N2O4S. The van der Waals surface area contributed by atoms with Crippen molar-refractivity contribution in [2.45, 2.75) is 24.7 Å². The van der Waals surface area contributed by atoms with Crippen LogP contribution in [0.15, 0.2) is 29.2 Å². The Hall–Kier alpha value is -1.60. The van der Waals surface area contributed by atoms with Gasteiger partial charge in [0.05, 0.1) is 10.3 Å². The molecule has 1 aromatic carbocycles. The third kappa shape index (κ3) is 3.10. The molecular weight excluding hydrogens is 280 g/mol. The normalized spacial score (nSPS) is 16.6. The van der Waals surface area contributed by atoms with E-state index in [2.05, 4.69) is 10.0 Å². The first-order valence-electron chi connectivity index (χ1n) is 6.47. The van der Waals surface area contributed by atoms with Crippen molar-refractivity contribution >= 4 is 21.7 Å². The van der Waals surface area contributed by atoms with Crippen molar-refractivity contribution in [2.75, 3.05) is 18.4 Å². The summed E-state index contributed by atoms with van der Waals surface area (Å²) in [4.78, 5) is 11.2. The van der Waals surface area contributed by atoms with Gasteiger partial charge in [-0.1, -0.05) is 6.92 Å². The molecule has 1 aliphatic carbocycles. The van der Waals surface area contributed by atoms with Crippen LogP contribution in [0.1, 0.15) is 19.8 Å². The second kappa shape index (κ2) is 5.41. The maximum Gasteiger partial charge on any atom is 0.311 e. The van der Waals surface area contributed by atoms with Crippen LogP contribution in [0.5, 0.6) is 0 Å². The number of nitrogens with one attached hydrogen (secondary N) is 2. The van der Waals surface area contributed by atoms with Crippen LogP contribution in [-0.4, -0.2) is 32.6 Å². The average Bonchev–Trinajstić information content (AvgIpc) is 3.18. The van der Waals surface area contributed by atoms with Crippen molar-refractivity contribution in [3.63, 3.8) is 0 Å². The molecule has 0 aliphatic heterocycles. The van der Waals surface area contributed by atoms with E-state index >= 15 is 0 Å². The summed E-state index contributed by atoms with van der Waals surface area (Å²) in [6.45, 7) is 2.42. The first-order chi connectivity index (χ1) is 9.39. The molecule has 0 heterocycles. The van der Waals surface area contributed by atoms with E-state index in [1.165, 1.54) is 12.1 Å². The Morgan fingerprint density at radius 3 is 2.35 bits per heavy atom. The summed E-state index contributed by atoms with van der Waals surface area (Å²) in [6.07, 6.45) is 1.37. The van der Waals surface area contributed by atoms with E-state index in [1.54, 1.807) is 19.1 Å². The van der Waals surface area contributed by atoms with Gasteiger partial charge in [-0.2, -0.15) is 0 Å². The van der Waals surface area contributed by atoms with Crippen molar-refractivity contribution in [3.05, 3.63) is 24.3 Å². The van der Waals surface area contributed by atoms with Gasteiger partial charge >= 0.3 is 5.97 Å². The minimum Gasteiger partial charge on any atom is -0.481 e. The van der Waals surface area contributed by atoms with Gasteiger partial charge in [-0.15, -0.1) is 0 Å². The number of carboxylic acid groups (broad SMARTS) is 1. The van der Waals surface area contributed by atoms with Crippen LogP contribution >= 0.6 is 0 Å². The highest BCUT2D eigenvalue weighted by atomic mass is 32.2. The Labute approximate surface area is 118 Å². The van der Waals surface area contributed by atoms with Crippen molar-refractivity contribution in [1.82, 2.24) is 4.72 Å². The molecule has 0 radical (unpaired) electrons. The highest BCUT2D eigenvalue weighted by Gasteiger charge is 2.49. The summed E-state index contributed by atoms with van der Waals surface area (Å²) in [5.41, 5.74) is 0.0714. The molecule has 0 unspecified atom stereocenters. The maximum absolute atomic E-state index is 11.8. The number of hydrogen-bond donors (Lipinski definition) is 3. The summed E-state index contributed by atoms with van der Waals surface area (Å²) in [5, 5.41) is 12.1. The summed E-state index contributed by atoms with van der Waals surface area (Å²) in [6, 6.07) is 6.28. The Bertz CT molecular complexity index is 591. The van der Waals surface area contributed by atoms with Gasteiger partial charge in [0.15, 0.2) is 0 Å². The third-order valence-corrected chi connectivity index (χ3v) is 5.00. The van der Waals surface area contributed by atoms with E-state index in [0.29, 0.717) is 31.6 Å². The first-order valence-corrected chi connectivity index (χ1v) is 7.95. The Morgan fingerprint density at radius 1 is 1.30 bits per heavy atom. The van der Waals surface area contributed by atoms with Crippen LogP contribution in [0.4, 0.5) is 5.69 Å². The molecule has 1 fully saturated rings. The van der Waals surface area contributed by atoms with Crippen LogP contribution in [0.25, 0.3) is 0 Å². The molecule has 0 amide bonds. The standard InChI is InChI=1S/C13H18N2O4S/c1-2-15-20(18,19)11-5-3-10(4-6-11)14-9-13(7-8-13)12(16)17/h3-6,14-15H,2,7-9H2,1H3,(H,16,17). The largest absolute Gasteiger partial charge is 0.481 e. The summed E-state index contributed by atoms with van der Waals surface area (Å²) < 4.78 is 25.9. The van der Waals surface area contributed by atoms with Gasteiger partial charge in [0.2, 0.25) is 10.0 Å². The molecule has 3 N–H and O–H groups in total. The molecule has 0 atom stereocenters. The number of benzene rings is 1. The molecule has 0 spiro atoms. The lowest BCUT2D eigenvalue weighted by molar-refractivity contribution is -0.142. The smallest absolute Gasteiger partial charge is 0.311 e. The van der Waals surface area contributed by atoms with E-state index in [-0.39, 0.29) is 4.90 Å². The quantitative estimate of drug-likeness (QED) is 0.704. The Kier molecular flexibility index (Phi) is 4.01. The van der Waals surface area contributed by atoms with Crippen molar-refractivity contribution in [3.8, 4) is 0 Å². The SMILES string of the molecule is CCNS(=O)(=O)c1ccc(NCC2(C(=O)O)CC2)cc1. The molecule has 20 heavy (non-hydrogen) atoms. The van der Waals surface area contributed by atoms with Gasteiger partial charge < -0.3 is 10.4 Å². The third-order valence-electron chi connectivity index (χ3n) is 3.44. The van der Waals surface area contributed by atoms with Crippen LogP contribution in [0.2, 0.25) is 0 Å². The number of anilines is 1. The number of carboxylic acids is 1. The van der Waals surface area contributed by atoms with Gasteiger partial charge in [-0.05, 0) is 37.1 Å². The molecule has 0 saturated heterocycles. The fourth-order valence-corrected chi connectivity index (χ4v) is 2.95. The molecule has 1 saturated carbocycles. The van der Waals surface area contributed by atoms with Gasteiger partial charge in [0.25, 0.3) is 0 Å². The number of hydrogen-bond acceptors (Lipinski definition) is 4. The van der Waals surface area contributed by atoms with Crippen LogP contribution in [0.3, 0.4) is 0 Å². The monoisotopic (exact) mass is 298 g/mol. The molecule has 6 nitrogen and oxygen atoms in total. The van der Waals surface area contributed by atoms with Gasteiger partial charge in [-0.25, -0.2) is 13.1 Å². The van der Waals surface area contributed by atoms with Gasteiger partial charge in [0, 0.05) is 18.8 Å². The van der Waals surface area contributed by atoms with Crippen LogP contribution in [0, 0.1) is 5.41 Å². The van der Waals surface area contributed by atoms with E-state index < -0.39 is 21.4 Å². The number of aliphatic carboxylic acids is 1. The average molecular weight is 298 g/mol. The highest BCUT2D eigenvalue weighted by molar-refractivity contribution is 7.89. The van der Waals surface area contributed by atoms with Gasteiger partial charge in [-0.3, -0.25) is 4.79 Å². The van der Waals surface area contributed by atoms with E-state index in [0.717, 1.165) is 0 Å². The first kappa shape index (κ1) is 14.8. The minimum atomic E-state index is -3.44. The van der Waals surface area contributed by atoms with E-state index in [9.17, 15) is 13.2 Å². The van der Waals surface area contributed by atoms with Crippen molar-refractivity contribution in [2.24, 2.45) is 5.41 Å². The lowest BCUT2D eigenvalue weighted by Crippen LogP contribution is -2.24. The van der Waals surface area contributed by atoms with Crippen molar-refractivity contribution < 1.29 is 18.3 Å². The lowest BCUT2D eigenvalue weighted by Gasteiger charge is -2.12. The van der Waals surface area contributed by atoms with Crippen molar-refractivity contribution in [1.29, 1.82) is 0 Å². The highest BCUT2D eigenvalue weighted by Crippen LogP contribution is 2.45. The second-order valence-corrected chi connectivity index (χ2v) is 6.73. The Morgan fingerprint density at radius 2 is 1.90 bits per heavy atom. The molecule has 0 bridgehead atoms. The fraction of sp³-hybridized carbons (Fsp3) is 0.462. The second-order valence-electron chi connectivity index (χ2n) is 4.96. The number of sulfonamides is 1. The summed E-state index contributed by atoms with van der Waals surface area (Å²) >= 11 is 0. The maximum atomic E-state index is 11.8. The zero-order valence-corrected chi connectivity index (χ0v) is 12.0. The molecule has 0 aromatic heterocycles. The van der Waals surface area contributed by atoms with Gasteiger partial charge in [0.1, 0.15) is 0 Å². The Balaban J connectivity index is 2.01. The summed E-state index contributed by atoms with van der Waals surface area (Å²) in [7, 11) is -3.44. The predicted octanol–water partition coefficient (Wildman–Crippen LogP) is 1.26. The van der Waals surface area contributed by atoms with Crippen LogP contribution < -0.4 is 10.0 Å². The molecule has 7 heteroatoms. The van der Waals surface area contributed by atoms with E-state index in [1.807, 2.05) is 0 Å². The number of rotatable bonds is 7. The molecule has 1 aromatic rings. The summed E-state index contributed by atoms with van der Waals surface area (Å²) in [5.74, 6) is -0.781. The van der Waals surface area contributed by atoms with Crippen LogP contribution in [-0.2, 0) is 14.8 Å². The zero-order valence-electron chi connectivity index (χ0n) is 11.2. The molecule has 1 aliphatic rings. The number of carbonyl (C=O) groups is 1. The lowest BCUT2D eigenvalue weighted by atomic mass is 10.1. The topological polar surface area (TPSA) is 95.5 Å². The fourth-order valence-electron chi connectivity index (χ4n) is 1.91. The minimum absolute atomic E-state index is 0.198.